The predicted octanol–water partition coefficient (Wildman–Crippen LogP) is 0.737. The van der Waals surface area contributed by atoms with Gasteiger partial charge in [-0.25, -0.2) is 4.79 Å². The van der Waals surface area contributed by atoms with E-state index in [1.807, 2.05) is 6.92 Å². The summed E-state index contributed by atoms with van der Waals surface area (Å²) >= 11 is 0. The van der Waals surface area contributed by atoms with E-state index in [-0.39, 0.29) is 12.6 Å². The lowest BCUT2D eigenvalue weighted by Crippen LogP contribution is -2.54. The van der Waals surface area contributed by atoms with Crippen molar-refractivity contribution in [2.75, 3.05) is 6.54 Å². The number of carbonyl (C=O) groups is 1. The molecule has 0 radical (unpaired) electrons. The van der Waals surface area contributed by atoms with Crippen LogP contribution < -0.4 is 0 Å². The Kier molecular flexibility index (Phi) is 3.80. The normalized spacial score (nSPS) is 31.4. The molecule has 0 aromatic carbocycles. The van der Waals surface area contributed by atoms with E-state index in [0.29, 0.717) is 6.42 Å². The van der Waals surface area contributed by atoms with Crippen molar-refractivity contribution in [3.8, 4) is 0 Å². The molecular formula is C11H21NO4. The molecule has 0 unspecified atom stereocenters. The molecule has 1 rings (SSSR count). The highest BCUT2D eigenvalue weighted by molar-refractivity contribution is 5.68. The van der Waals surface area contributed by atoms with Gasteiger partial charge in [0.1, 0.15) is 5.60 Å². The average Bonchev–Trinajstić information content (AvgIpc) is 2.08. The summed E-state index contributed by atoms with van der Waals surface area (Å²) in [4.78, 5) is 13.2. The third kappa shape index (κ3) is 3.35. The zero-order valence-electron chi connectivity index (χ0n) is 10.3. The first-order valence-electron chi connectivity index (χ1n) is 5.56. The number of ether oxygens (including phenoxy) is 1. The van der Waals surface area contributed by atoms with Crippen molar-refractivity contribution in [1.82, 2.24) is 4.90 Å². The molecule has 0 saturated carbocycles. The van der Waals surface area contributed by atoms with Gasteiger partial charge >= 0.3 is 6.09 Å². The average molecular weight is 231 g/mol. The molecule has 0 aromatic heterocycles. The summed E-state index contributed by atoms with van der Waals surface area (Å²) in [6.07, 6.45) is -1.70. The van der Waals surface area contributed by atoms with E-state index < -0.39 is 23.9 Å². The summed E-state index contributed by atoms with van der Waals surface area (Å²) in [6.45, 7) is 7.34. The molecule has 0 aromatic rings. The number of rotatable bonds is 0. The summed E-state index contributed by atoms with van der Waals surface area (Å²) < 4.78 is 5.23. The Morgan fingerprint density at radius 1 is 1.31 bits per heavy atom. The van der Waals surface area contributed by atoms with Gasteiger partial charge in [0.2, 0.25) is 0 Å². The third-order valence-corrected chi connectivity index (χ3v) is 2.57. The van der Waals surface area contributed by atoms with Crippen LogP contribution in [0.4, 0.5) is 4.79 Å². The van der Waals surface area contributed by atoms with Crippen LogP contribution in [0.3, 0.4) is 0 Å². The summed E-state index contributed by atoms with van der Waals surface area (Å²) in [6, 6.07) is -0.117. The van der Waals surface area contributed by atoms with Gasteiger partial charge < -0.3 is 19.8 Å². The number of nitrogens with zero attached hydrogens (tertiary/aromatic N) is 1. The van der Waals surface area contributed by atoms with Gasteiger partial charge in [-0.05, 0) is 34.1 Å². The second-order valence-corrected chi connectivity index (χ2v) is 5.35. The zero-order chi connectivity index (χ0) is 12.5. The third-order valence-electron chi connectivity index (χ3n) is 2.57. The van der Waals surface area contributed by atoms with Crippen LogP contribution in [0.1, 0.15) is 34.1 Å². The molecule has 3 atom stereocenters. The molecule has 1 saturated heterocycles. The quantitative estimate of drug-likeness (QED) is 0.645. The van der Waals surface area contributed by atoms with Crippen LogP contribution in [0.5, 0.6) is 0 Å². The maximum atomic E-state index is 11.8. The molecule has 1 aliphatic rings. The lowest BCUT2D eigenvalue weighted by Gasteiger charge is -2.39. The first-order valence-corrected chi connectivity index (χ1v) is 5.56. The molecule has 1 fully saturated rings. The number of carbonyl (C=O) groups excluding carboxylic acids is 1. The molecule has 16 heavy (non-hydrogen) atoms. The fraction of sp³-hybridized carbons (Fsp3) is 0.909. The second-order valence-electron chi connectivity index (χ2n) is 5.35. The lowest BCUT2D eigenvalue weighted by molar-refractivity contribution is -0.0634. The van der Waals surface area contributed by atoms with E-state index in [9.17, 15) is 15.0 Å². The molecule has 94 valence electrons. The van der Waals surface area contributed by atoms with Gasteiger partial charge in [0, 0.05) is 6.04 Å². The summed E-state index contributed by atoms with van der Waals surface area (Å²) in [5.41, 5.74) is -0.544. The van der Waals surface area contributed by atoms with Crippen molar-refractivity contribution in [3.05, 3.63) is 0 Å². The summed E-state index contributed by atoms with van der Waals surface area (Å²) in [5, 5.41) is 19.0. The first-order chi connectivity index (χ1) is 7.20. The van der Waals surface area contributed by atoms with E-state index >= 15 is 0 Å². The Bertz CT molecular complexity index is 261. The highest BCUT2D eigenvalue weighted by Gasteiger charge is 2.35. The molecule has 0 aliphatic carbocycles. The fourth-order valence-electron chi connectivity index (χ4n) is 1.71. The van der Waals surface area contributed by atoms with Crippen LogP contribution in [-0.4, -0.2) is 51.6 Å². The van der Waals surface area contributed by atoms with Crippen molar-refractivity contribution in [3.63, 3.8) is 0 Å². The number of piperidine rings is 1. The Morgan fingerprint density at radius 3 is 2.38 bits per heavy atom. The SMILES string of the molecule is C[C@H]1C[C@H](O)[C@H](O)CN1C(=O)OC(C)(C)C. The second kappa shape index (κ2) is 4.59. The summed E-state index contributed by atoms with van der Waals surface area (Å²) in [7, 11) is 0. The van der Waals surface area contributed by atoms with E-state index in [0.717, 1.165) is 0 Å². The van der Waals surface area contributed by atoms with Crippen LogP contribution in [0.2, 0.25) is 0 Å². The molecule has 2 N–H and O–H groups in total. The lowest BCUT2D eigenvalue weighted by atomic mass is 9.99. The first kappa shape index (κ1) is 13.3. The van der Waals surface area contributed by atoms with E-state index in [1.54, 1.807) is 20.8 Å². The molecule has 1 aliphatic heterocycles. The number of hydrogen-bond acceptors (Lipinski definition) is 4. The van der Waals surface area contributed by atoms with E-state index in [2.05, 4.69) is 0 Å². The van der Waals surface area contributed by atoms with E-state index in [1.165, 1.54) is 4.90 Å². The molecule has 0 spiro atoms. The van der Waals surface area contributed by atoms with Crippen molar-refractivity contribution in [1.29, 1.82) is 0 Å². The van der Waals surface area contributed by atoms with Crippen LogP contribution >= 0.6 is 0 Å². The Morgan fingerprint density at radius 2 is 1.88 bits per heavy atom. The molecule has 5 nitrogen and oxygen atoms in total. The van der Waals surface area contributed by atoms with E-state index in [4.69, 9.17) is 4.74 Å². The Hall–Kier alpha value is -0.810. The zero-order valence-corrected chi connectivity index (χ0v) is 10.3. The van der Waals surface area contributed by atoms with Crippen molar-refractivity contribution in [2.45, 2.75) is 58.0 Å². The predicted molar refractivity (Wildman–Crippen MR) is 59.0 cm³/mol. The van der Waals surface area contributed by atoms with Crippen LogP contribution in [0.15, 0.2) is 0 Å². The molecule has 1 amide bonds. The largest absolute Gasteiger partial charge is 0.444 e. The van der Waals surface area contributed by atoms with Crippen LogP contribution in [0, 0.1) is 0 Å². The number of β-amino-alcohol motifs (C(OH)–C–C–N with tert-alkyl or cyclic N) is 1. The molecule has 5 heteroatoms. The summed E-state index contributed by atoms with van der Waals surface area (Å²) in [5.74, 6) is 0. The van der Waals surface area contributed by atoms with Gasteiger partial charge in [-0.1, -0.05) is 0 Å². The van der Waals surface area contributed by atoms with Gasteiger partial charge in [0.25, 0.3) is 0 Å². The number of amides is 1. The standard InChI is InChI=1S/C11H21NO4/c1-7-5-8(13)9(14)6-12(7)10(15)16-11(2,3)4/h7-9,13-14H,5-6H2,1-4H3/t7-,8-,9+/m0/s1. The number of likely N-dealkylation sites (tertiary alicyclic amines) is 1. The van der Waals surface area contributed by atoms with Gasteiger partial charge in [-0.15, -0.1) is 0 Å². The Balaban J connectivity index is 2.62. The van der Waals surface area contributed by atoms with Crippen LogP contribution in [-0.2, 0) is 4.74 Å². The van der Waals surface area contributed by atoms with Gasteiger partial charge in [-0.2, -0.15) is 0 Å². The number of hydrogen-bond donors (Lipinski definition) is 2. The highest BCUT2D eigenvalue weighted by Crippen LogP contribution is 2.20. The molecular weight excluding hydrogens is 210 g/mol. The van der Waals surface area contributed by atoms with Crippen molar-refractivity contribution >= 4 is 6.09 Å². The van der Waals surface area contributed by atoms with Gasteiger partial charge in [0.15, 0.2) is 0 Å². The minimum atomic E-state index is -0.885. The maximum absolute atomic E-state index is 11.8. The smallest absolute Gasteiger partial charge is 0.410 e. The number of aliphatic hydroxyl groups is 2. The minimum absolute atomic E-state index is 0.117. The van der Waals surface area contributed by atoms with Gasteiger partial charge in [0.05, 0.1) is 18.8 Å². The monoisotopic (exact) mass is 231 g/mol. The minimum Gasteiger partial charge on any atom is -0.444 e. The molecule has 0 bridgehead atoms. The molecule has 1 heterocycles. The van der Waals surface area contributed by atoms with Crippen LogP contribution in [0.25, 0.3) is 0 Å². The fourth-order valence-corrected chi connectivity index (χ4v) is 1.71. The maximum Gasteiger partial charge on any atom is 0.410 e. The Labute approximate surface area is 96.0 Å². The topological polar surface area (TPSA) is 70.0 Å². The van der Waals surface area contributed by atoms with Crippen molar-refractivity contribution < 1.29 is 19.7 Å². The highest BCUT2D eigenvalue weighted by atomic mass is 16.6. The number of aliphatic hydroxyl groups excluding tert-OH is 2. The van der Waals surface area contributed by atoms with Crippen molar-refractivity contribution in [2.24, 2.45) is 0 Å². The van der Waals surface area contributed by atoms with Gasteiger partial charge in [-0.3, -0.25) is 0 Å².